The lowest BCUT2D eigenvalue weighted by Crippen LogP contribution is -2.25. The van der Waals surface area contributed by atoms with Crippen LogP contribution in [-0.4, -0.2) is 16.7 Å². The number of carbonyl (C=O) groups is 2. The van der Waals surface area contributed by atoms with Crippen molar-refractivity contribution in [2.24, 2.45) is 0 Å². The average Bonchev–Trinajstić information content (AvgIpc) is 2.46. The van der Waals surface area contributed by atoms with Gasteiger partial charge in [-0.2, -0.15) is 0 Å². The molecular formula is C14H9N2O5-. The molecule has 0 aromatic heterocycles. The Hall–Kier alpha value is -3.22. The largest absolute Gasteiger partial charge is 0.545 e. The fourth-order valence-electron chi connectivity index (χ4n) is 1.86. The van der Waals surface area contributed by atoms with Gasteiger partial charge >= 0.3 is 0 Å². The van der Waals surface area contributed by atoms with Crippen LogP contribution in [-0.2, 0) is 0 Å². The maximum absolute atomic E-state index is 12.3. The summed E-state index contributed by atoms with van der Waals surface area (Å²) in [4.78, 5) is 33.4. The number of nitrogens with two attached hydrogens (primary N) is 1. The van der Waals surface area contributed by atoms with Crippen molar-refractivity contribution in [3.63, 3.8) is 0 Å². The van der Waals surface area contributed by atoms with E-state index >= 15 is 0 Å². The maximum atomic E-state index is 12.3. The number of nitro groups is 1. The summed E-state index contributed by atoms with van der Waals surface area (Å²) in [5.41, 5.74) is 4.56. The summed E-state index contributed by atoms with van der Waals surface area (Å²) in [5.74, 6) is -2.15. The first-order valence-electron chi connectivity index (χ1n) is 5.81. The quantitative estimate of drug-likeness (QED) is 0.382. The van der Waals surface area contributed by atoms with E-state index in [1.807, 2.05) is 0 Å². The van der Waals surface area contributed by atoms with Gasteiger partial charge in [-0.1, -0.05) is 24.3 Å². The van der Waals surface area contributed by atoms with Crippen molar-refractivity contribution in [2.45, 2.75) is 0 Å². The van der Waals surface area contributed by atoms with E-state index in [9.17, 15) is 24.8 Å². The Kier molecular flexibility index (Phi) is 3.66. The zero-order chi connectivity index (χ0) is 15.6. The van der Waals surface area contributed by atoms with Crippen molar-refractivity contribution in [1.29, 1.82) is 0 Å². The van der Waals surface area contributed by atoms with Crippen molar-refractivity contribution in [2.75, 3.05) is 5.73 Å². The van der Waals surface area contributed by atoms with Crippen molar-refractivity contribution < 1.29 is 19.6 Å². The molecule has 0 aliphatic rings. The maximum Gasteiger partial charge on any atom is 0.292 e. The molecule has 0 aliphatic heterocycles. The number of aromatic carboxylic acids is 1. The van der Waals surface area contributed by atoms with Crippen LogP contribution in [0.15, 0.2) is 42.5 Å². The number of nitro benzene ring substituents is 1. The number of carboxylic acids is 1. The lowest BCUT2D eigenvalue weighted by atomic mass is 9.98. The van der Waals surface area contributed by atoms with Crippen LogP contribution in [0.1, 0.15) is 26.3 Å². The van der Waals surface area contributed by atoms with E-state index in [0.29, 0.717) is 0 Å². The highest BCUT2D eigenvalue weighted by Crippen LogP contribution is 2.24. The summed E-state index contributed by atoms with van der Waals surface area (Å²) in [6, 6.07) is 9.04. The van der Waals surface area contributed by atoms with Gasteiger partial charge in [0, 0.05) is 22.8 Å². The zero-order valence-corrected chi connectivity index (χ0v) is 10.6. The van der Waals surface area contributed by atoms with Gasteiger partial charge in [0.05, 0.1) is 10.9 Å². The Balaban J connectivity index is 2.53. The lowest BCUT2D eigenvalue weighted by Gasteiger charge is -2.09. The number of anilines is 1. The Morgan fingerprint density at radius 3 is 2.24 bits per heavy atom. The van der Waals surface area contributed by atoms with E-state index in [2.05, 4.69) is 0 Å². The van der Waals surface area contributed by atoms with Crippen LogP contribution in [0.3, 0.4) is 0 Å². The third kappa shape index (κ3) is 2.71. The van der Waals surface area contributed by atoms with E-state index in [1.54, 1.807) is 0 Å². The number of carbonyl (C=O) groups excluding carboxylic acids is 2. The van der Waals surface area contributed by atoms with Gasteiger partial charge in [0.25, 0.3) is 5.69 Å². The first-order valence-corrected chi connectivity index (χ1v) is 5.81. The molecule has 0 fully saturated rings. The fourth-order valence-corrected chi connectivity index (χ4v) is 1.86. The van der Waals surface area contributed by atoms with Crippen LogP contribution in [0.2, 0.25) is 0 Å². The number of hydrogen-bond acceptors (Lipinski definition) is 6. The number of nitrogen functional groups attached to an aromatic ring is 1. The van der Waals surface area contributed by atoms with E-state index in [-0.39, 0.29) is 22.4 Å². The zero-order valence-electron chi connectivity index (χ0n) is 10.6. The Labute approximate surface area is 118 Å². The van der Waals surface area contributed by atoms with Gasteiger partial charge < -0.3 is 15.6 Å². The summed E-state index contributed by atoms with van der Waals surface area (Å²) in [6.07, 6.45) is 0. The second-order valence-electron chi connectivity index (χ2n) is 4.19. The van der Waals surface area contributed by atoms with E-state index < -0.39 is 22.4 Å². The van der Waals surface area contributed by atoms with Gasteiger partial charge in [-0.05, 0) is 12.1 Å². The predicted octanol–water partition coefficient (Wildman–Crippen LogP) is 0.771. The molecule has 7 nitrogen and oxygen atoms in total. The Morgan fingerprint density at radius 2 is 1.67 bits per heavy atom. The molecule has 0 radical (unpaired) electrons. The van der Waals surface area contributed by atoms with Gasteiger partial charge in [-0.15, -0.1) is 0 Å². The van der Waals surface area contributed by atoms with Crippen LogP contribution in [0.5, 0.6) is 0 Å². The van der Waals surface area contributed by atoms with Crippen molar-refractivity contribution in [3.05, 3.63) is 69.3 Å². The van der Waals surface area contributed by atoms with Gasteiger partial charge in [0.1, 0.15) is 5.69 Å². The predicted molar refractivity (Wildman–Crippen MR) is 71.7 cm³/mol. The standard InChI is InChI=1S/C14H10N2O5/c15-11-6-5-8(7-12(11)16(20)21)13(17)9-3-1-2-4-10(9)14(18)19/h1-7H,15H2,(H,18,19)/p-1. The normalized spacial score (nSPS) is 10.1. The van der Waals surface area contributed by atoms with Crippen LogP contribution in [0.4, 0.5) is 11.4 Å². The fraction of sp³-hybridized carbons (Fsp3) is 0. The highest BCUT2D eigenvalue weighted by molar-refractivity contribution is 6.14. The molecule has 0 unspecified atom stereocenters. The number of hydrogen-bond donors (Lipinski definition) is 1. The average molecular weight is 285 g/mol. The van der Waals surface area contributed by atoms with Crippen LogP contribution >= 0.6 is 0 Å². The molecule has 106 valence electrons. The van der Waals surface area contributed by atoms with Crippen molar-refractivity contribution >= 4 is 23.1 Å². The molecule has 2 N–H and O–H groups in total. The minimum Gasteiger partial charge on any atom is -0.545 e. The Bertz CT molecular complexity index is 755. The molecule has 21 heavy (non-hydrogen) atoms. The van der Waals surface area contributed by atoms with E-state index in [0.717, 1.165) is 6.07 Å². The van der Waals surface area contributed by atoms with Crippen molar-refractivity contribution in [1.82, 2.24) is 0 Å². The number of benzene rings is 2. The summed E-state index contributed by atoms with van der Waals surface area (Å²) in [7, 11) is 0. The molecule has 0 heterocycles. The first kappa shape index (κ1) is 14.2. The van der Waals surface area contributed by atoms with Crippen LogP contribution < -0.4 is 10.8 Å². The second-order valence-corrected chi connectivity index (χ2v) is 4.19. The molecule has 2 aromatic carbocycles. The van der Waals surface area contributed by atoms with Gasteiger partial charge in [-0.25, -0.2) is 0 Å². The number of nitrogens with zero attached hydrogens (tertiary/aromatic N) is 1. The number of carboxylic acid groups (broad SMARTS) is 1. The highest BCUT2D eigenvalue weighted by Gasteiger charge is 2.18. The first-order chi connectivity index (χ1) is 9.91. The van der Waals surface area contributed by atoms with Gasteiger partial charge in [0.2, 0.25) is 0 Å². The van der Waals surface area contributed by atoms with Gasteiger partial charge in [0.15, 0.2) is 5.78 Å². The van der Waals surface area contributed by atoms with Gasteiger partial charge in [-0.3, -0.25) is 14.9 Å². The third-order valence-electron chi connectivity index (χ3n) is 2.88. The van der Waals surface area contributed by atoms with E-state index in [1.165, 1.54) is 36.4 Å². The number of ketones is 1. The summed E-state index contributed by atoms with van der Waals surface area (Å²) >= 11 is 0. The molecule has 0 saturated heterocycles. The minimum absolute atomic E-state index is 0.0235. The summed E-state index contributed by atoms with van der Waals surface area (Å²) < 4.78 is 0. The summed E-state index contributed by atoms with van der Waals surface area (Å²) in [5, 5.41) is 21.8. The number of rotatable bonds is 4. The highest BCUT2D eigenvalue weighted by atomic mass is 16.6. The summed E-state index contributed by atoms with van der Waals surface area (Å²) in [6.45, 7) is 0. The molecule has 0 atom stereocenters. The molecule has 0 spiro atoms. The lowest BCUT2D eigenvalue weighted by molar-refractivity contribution is -0.383. The topological polar surface area (TPSA) is 126 Å². The molecule has 7 heteroatoms. The molecule has 0 saturated carbocycles. The molecule has 0 bridgehead atoms. The molecule has 0 amide bonds. The monoisotopic (exact) mass is 285 g/mol. The molecule has 0 aliphatic carbocycles. The van der Waals surface area contributed by atoms with Crippen molar-refractivity contribution in [3.8, 4) is 0 Å². The van der Waals surface area contributed by atoms with Crippen LogP contribution in [0.25, 0.3) is 0 Å². The molecule has 2 rings (SSSR count). The third-order valence-corrected chi connectivity index (χ3v) is 2.88. The SMILES string of the molecule is Nc1ccc(C(=O)c2ccccc2C(=O)[O-])cc1[N+](=O)[O-]. The molecular weight excluding hydrogens is 276 g/mol. The van der Waals surface area contributed by atoms with E-state index in [4.69, 9.17) is 5.73 Å². The van der Waals surface area contributed by atoms with Crippen LogP contribution in [0, 0.1) is 10.1 Å². The smallest absolute Gasteiger partial charge is 0.292 e. The molecule has 2 aromatic rings. The second kappa shape index (κ2) is 5.41. The Morgan fingerprint density at radius 1 is 1.05 bits per heavy atom. The minimum atomic E-state index is -1.50.